The van der Waals surface area contributed by atoms with Gasteiger partial charge in [-0.25, -0.2) is 4.98 Å². The van der Waals surface area contributed by atoms with Gasteiger partial charge in [-0.15, -0.1) is 36.2 Å². The van der Waals surface area contributed by atoms with E-state index in [4.69, 9.17) is 22.3 Å². The van der Waals surface area contributed by atoms with E-state index in [2.05, 4.69) is 6.92 Å². The van der Waals surface area contributed by atoms with Gasteiger partial charge in [0.15, 0.2) is 0 Å². The summed E-state index contributed by atoms with van der Waals surface area (Å²) in [5.41, 5.74) is 8.13. The molecule has 0 spiro atoms. The van der Waals surface area contributed by atoms with Crippen molar-refractivity contribution >= 4 is 64.6 Å². The molecule has 0 radical (unpaired) electrons. The minimum absolute atomic E-state index is 0. The molecule has 1 amide bonds. The van der Waals surface area contributed by atoms with Crippen molar-refractivity contribution in [2.45, 2.75) is 19.4 Å². The molecule has 1 saturated heterocycles. The number of nitrogens with zero attached hydrogens (tertiary/aromatic N) is 2. The van der Waals surface area contributed by atoms with Crippen molar-refractivity contribution in [1.29, 1.82) is 0 Å². The normalized spacial score (nSPS) is 18.6. The predicted molar refractivity (Wildman–Crippen MR) is 122 cm³/mol. The topological polar surface area (TPSA) is 59.2 Å². The molecule has 0 aliphatic carbocycles. The van der Waals surface area contributed by atoms with Crippen LogP contribution in [0.3, 0.4) is 0 Å². The standard InChI is InChI=1S/C20H20ClN3OS.2ClH/c1-12-8-13(10-22)11-24(12)20(25)15-9-17(18-6-7-19(21)26-18)23-16-5-3-2-4-14(15)16;;/h2-7,9,12-13H,8,10-11,22H2,1H3;2*1H. The second-order valence-electron chi connectivity index (χ2n) is 6.82. The molecular weight excluding hydrogens is 437 g/mol. The Bertz CT molecular complexity index is 978. The number of amides is 1. The van der Waals surface area contributed by atoms with Crippen molar-refractivity contribution in [3.63, 3.8) is 0 Å². The molecule has 1 aliphatic rings. The summed E-state index contributed by atoms with van der Waals surface area (Å²) in [7, 11) is 0. The summed E-state index contributed by atoms with van der Waals surface area (Å²) in [5.74, 6) is 0.425. The molecule has 1 aliphatic heterocycles. The zero-order valence-corrected chi connectivity index (χ0v) is 18.5. The van der Waals surface area contributed by atoms with Crippen LogP contribution in [0.15, 0.2) is 42.5 Å². The van der Waals surface area contributed by atoms with Gasteiger partial charge in [0.05, 0.1) is 26.0 Å². The molecule has 1 aromatic carbocycles. The maximum Gasteiger partial charge on any atom is 0.254 e. The van der Waals surface area contributed by atoms with Gasteiger partial charge < -0.3 is 10.6 Å². The smallest absolute Gasteiger partial charge is 0.254 e. The third-order valence-electron chi connectivity index (χ3n) is 5.03. The average Bonchev–Trinajstić information content (AvgIpc) is 3.25. The van der Waals surface area contributed by atoms with Crippen molar-refractivity contribution in [3.8, 4) is 10.6 Å². The van der Waals surface area contributed by atoms with Crippen LogP contribution in [-0.4, -0.2) is 34.9 Å². The van der Waals surface area contributed by atoms with Crippen LogP contribution in [0.1, 0.15) is 23.7 Å². The molecule has 0 saturated carbocycles. The minimum atomic E-state index is 0. The summed E-state index contributed by atoms with van der Waals surface area (Å²) in [6.07, 6.45) is 0.957. The van der Waals surface area contributed by atoms with Gasteiger partial charge in [-0.05, 0) is 50.1 Å². The molecule has 4 nitrogen and oxygen atoms in total. The molecule has 2 atom stereocenters. The van der Waals surface area contributed by atoms with Crippen LogP contribution in [0, 0.1) is 5.92 Å². The lowest BCUT2D eigenvalue weighted by Gasteiger charge is -2.22. The highest BCUT2D eigenvalue weighted by atomic mass is 35.5. The zero-order chi connectivity index (χ0) is 18.3. The van der Waals surface area contributed by atoms with Crippen LogP contribution in [-0.2, 0) is 0 Å². The van der Waals surface area contributed by atoms with Crippen molar-refractivity contribution < 1.29 is 4.79 Å². The largest absolute Gasteiger partial charge is 0.336 e. The monoisotopic (exact) mass is 457 g/mol. The highest BCUT2D eigenvalue weighted by Gasteiger charge is 2.33. The molecule has 2 N–H and O–H groups in total. The Kier molecular flexibility index (Phi) is 7.71. The molecule has 150 valence electrons. The fraction of sp³-hybridized carbons (Fsp3) is 0.300. The Labute approximate surface area is 185 Å². The van der Waals surface area contributed by atoms with Gasteiger partial charge >= 0.3 is 0 Å². The van der Waals surface area contributed by atoms with Crippen LogP contribution < -0.4 is 5.73 Å². The molecule has 3 heterocycles. The number of para-hydroxylation sites is 1. The van der Waals surface area contributed by atoms with Gasteiger partial charge in [0.1, 0.15) is 0 Å². The number of fused-ring (bicyclic) bond motifs is 1. The van der Waals surface area contributed by atoms with Crippen LogP contribution in [0.5, 0.6) is 0 Å². The van der Waals surface area contributed by atoms with Gasteiger partial charge in [0.2, 0.25) is 0 Å². The first kappa shape index (κ1) is 22.9. The summed E-state index contributed by atoms with van der Waals surface area (Å²) < 4.78 is 0.710. The van der Waals surface area contributed by atoms with Crippen LogP contribution in [0.4, 0.5) is 0 Å². The lowest BCUT2D eigenvalue weighted by molar-refractivity contribution is 0.0745. The lowest BCUT2D eigenvalue weighted by Crippen LogP contribution is -2.34. The van der Waals surface area contributed by atoms with E-state index in [-0.39, 0.29) is 36.8 Å². The highest BCUT2D eigenvalue weighted by Crippen LogP contribution is 2.33. The first-order valence-electron chi connectivity index (χ1n) is 8.73. The van der Waals surface area contributed by atoms with Crippen molar-refractivity contribution in [3.05, 3.63) is 52.4 Å². The van der Waals surface area contributed by atoms with E-state index < -0.39 is 0 Å². The molecule has 1 fully saturated rings. The quantitative estimate of drug-likeness (QED) is 0.581. The van der Waals surface area contributed by atoms with Crippen molar-refractivity contribution in [1.82, 2.24) is 9.88 Å². The van der Waals surface area contributed by atoms with Gasteiger partial charge in [0.25, 0.3) is 5.91 Å². The summed E-state index contributed by atoms with van der Waals surface area (Å²) in [4.78, 5) is 21.0. The maximum atomic E-state index is 13.4. The molecular formula is C20H22Cl3N3OS. The molecule has 4 rings (SSSR count). The number of carbonyl (C=O) groups excluding carboxylic acids is 1. The summed E-state index contributed by atoms with van der Waals surface area (Å²) in [6.45, 7) is 3.42. The van der Waals surface area contributed by atoms with E-state index in [1.165, 1.54) is 11.3 Å². The number of benzene rings is 1. The van der Waals surface area contributed by atoms with Gasteiger partial charge in [-0.1, -0.05) is 29.8 Å². The number of rotatable bonds is 3. The maximum absolute atomic E-state index is 13.4. The fourth-order valence-electron chi connectivity index (χ4n) is 3.68. The second-order valence-corrected chi connectivity index (χ2v) is 8.54. The Morgan fingerprint density at radius 2 is 2.04 bits per heavy atom. The number of thiophene rings is 1. The van der Waals surface area contributed by atoms with Crippen molar-refractivity contribution in [2.24, 2.45) is 11.7 Å². The van der Waals surface area contributed by atoms with Crippen LogP contribution >= 0.6 is 47.8 Å². The molecule has 28 heavy (non-hydrogen) atoms. The summed E-state index contributed by atoms with van der Waals surface area (Å²) in [5, 5.41) is 0.882. The number of nitrogens with two attached hydrogens (primary N) is 1. The van der Waals surface area contributed by atoms with Gasteiger partial charge in [-0.3, -0.25) is 4.79 Å². The number of halogens is 3. The molecule has 3 aromatic rings. The van der Waals surface area contributed by atoms with Gasteiger partial charge in [-0.2, -0.15) is 0 Å². The van der Waals surface area contributed by atoms with Crippen LogP contribution in [0.2, 0.25) is 4.34 Å². The first-order valence-corrected chi connectivity index (χ1v) is 9.93. The lowest BCUT2D eigenvalue weighted by atomic mass is 10.1. The number of likely N-dealkylation sites (tertiary alicyclic amines) is 1. The number of aromatic nitrogens is 1. The predicted octanol–water partition coefficient (Wildman–Crippen LogP) is 5.27. The Morgan fingerprint density at radius 3 is 2.68 bits per heavy atom. The van der Waals surface area contributed by atoms with E-state index >= 15 is 0 Å². The van der Waals surface area contributed by atoms with E-state index in [1.54, 1.807) is 0 Å². The van der Waals surface area contributed by atoms with E-state index in [0.717, 1.165) is 27.9 Å². The fourth-order valence-corrected chi connectivity index (χ4v) is 4.69. The van der Waals surface area contributed by atoms with E-state index in [1.807, 2.05) is 47.4 Å². The van der Waals surface area contributed by atoms with E-state index in [9.17, 15) is 4.79 Å². The molecule has 2 aromatic heterocycles. The summed E-state index contributed by atoms with van der Waals surface area (Å²) >= 11 is 7.56. The van der Waals surface area contributed by atoms with Gasteiger partial charge in [0, 0.05) is 18.0 Å². The second kappa shape index (κ2) is 9.42. The molecule has 2 unspecified atom stereocenters. The average molecular weight is 459 g/mol. The molecule has 8 heteroatoms. The Balaban J connectivity index is 0.00000140. The molecule has 0 bridgehead atoms. The van der Waals surface area contributed by atoms with Crippen molar-refractivity contribution in [2.75, 3.05) is 13.1 Å². The van der Waals surface area contributed by atoms with E-state index in [0.29, 0.717) is 28.9 Å². The highest BCUT2D eigenvalue weighted by molar-refractivity contribution is 7.19. The number of pyridine rings is 1. The summed E-state index contributed by atoms with van der Waals surface area (Å²) in [6, 6.07) is 13.7. The number of hydrogen-bond acceptors (Lipinski definition) is 4. The number of carbonyl (C=O) groups is 1. The van der Waals surface area contributed by atoms with Crippen LogP contribution in [0.25, 0.3) is 21.5 Å². The Morgan fingerprint density at radius 1 is 1.29 bits per heavy atom. The Hall–Kier alpha value is -1.37. The third kappa shape index (κ3) is 4.29. The zero-order valence-electron chi connectivity index (χ0n) is 15.3. The first-order chi connectivity index (χ1) is 12.6. The minimum Gasteiger partial charge on any atom is -0.336 e. The number of hydrogen-bond donors (Lipinski definition) is 1. The third-order valence-corrected chi connectivity index (χ3v) is 6.28. The SMILES string of the molecule is CC1CC(CN)CN1C(=O)c1cc(-c2ccc(Cl)s2)nc2ccccc12.Cl.Cl.